The van der Waals surface area contributed by atoms with Gasteiger partial charge < -0.3 is 0 Å². The second-order valence-corrected chi connectivity index (χ2v) is 6.48. The third kappa shape index (κ3) is 3.55. The van der Waals surface area contributed by atoms with E-state index in [1.165, 1.54) is 0 Å². The van der Waals surface area contributed by atoms with E-state index in [0.29, 0.717) is 12.3 Å². The number of hydrogen-bond donors (Lipinski definition) is 0. The molecule has 112 valence electrons. The van der Waals surface area contributed by atoms with Crippen LogP contribution >= 0.6 is 0 Å². The van der Waals surface area contributed by atoms with Gasteiger partial charge in [0.1, 0.15) is 0 Å². The molecule has 0 unspecified atom stereocenters. The van der Waals surface area contributed by atoms with Crippen molar-refractivity contribution in [3.05, 3.63) is 36.0 Å². The van der Waals surface area contributed by atoms with Gasteiger partial charge in [0.25, 0.3) is 0 Å². The van der Waals surface area contributed by atoms with E-state index in [9.17, 15) is 4.79 Å². The number of ether oxygens (including phenoxy) is 1. The first-order valence-corrected chi connectivity index (χ1v) is 8.90. The summed E-state index contributed by atoms with van der Waals surface area (Å²) < 4.78 is 7.19. The van der Waals surface area contributed by atoms with E-state index >= 15 is 0 Å². The van der Waals surface area contributed by atoms with Crippen molar-refractivity contribution in [2.45, 2.75) is 20.8 Å². The Bertz CT molecular complexity index is 592. The average Bonchev–Trinajstić information content (AvgIpc) is 2.95. The summed E-state index contributed by atoms with van der Waals surface area (Å²) in [6.07, 6.45) is 0. The molecule has 4 nitrogen and oxygen atoms in total. The zero-order valence-corrected chi connectivity index (χ0v) is 14.3. The van der Waals surface area contributed by atoms with Gasteiger partial charge in [-0.15, -0.1) is 0 Å². The molecular formula is C16H20N2O2Se. The number of nitrogens with zero attached hydrogens (tertiary/aromatic N) is 2. The predicted octanol–water partition coefficient (Wildman–Crippen LogP) is 2.83. The molecule has 0 bridgehead atoms. The zero-order chi connectivity index (χ0) is 15.2. The molecular weight excluding hydrogens is 331 g/mol. The molecule has 2 rings (SSSR count). The van der Waals surface area contributed by atoms with Crippen molar-refractivity contribution in [2.24, 2.45) is 0 Å². The van der Waals surface area contributed by atoms with Gasteiger partial charge in [-0.3, -0.25) is 0 Å². The van der Waals surface area contributed by atoms with Crippen LogP contribution in [0.5, 0.6) is 0 Å². The quantitative estimate of drug-likeness (QED) is 0.593. The van der Waals surface area contributed by atoms with Gasteiger partial charge >= 0.3 is 131 Å². The van der Waals surface area contributed by atoms with Crippen LogP contribution in [0.4, 0.5) is 4.69 Å². The molecule has 1 aromatic heterocycles. The number of benzene rings is 1. The Morgan fingerprint density at radius 3 is 2.43 bits per heavy atom. The van der Waals surface area contributed by atoms with E-state index in [0.717, 1.165) is 27.8 Å². The number of carbonyl (C=O) groups excluding carboxylic acids is 1. The van der Waals surface area contributed by atoms with Crippen LogP contribution in [0.15, 0.2) is 30.3 Å². The molecule has 0 aliphatic heterocycles. The fraction of sp³-hybridized carbons (Fsp3) is 0.375. The molecule has 0 radical (unpaired) electrons. The summed E-state index contributed by atoms with van der Waals surface area (Å²) in [5, 5.41) is 0. The SMILES string of the molecule is CCOC(=O)c1nc(N(CC)CC)[se]c1-c1ccccc1. The van der Waals surface area contributed by atoms with Crippen molar-refractivity contribution >= 4 is 25.2 Å². The summed E-state index contributed by atoms with van der Waals surface area (Å²) in [5.74, 6) is -0.319. The zero-order valence-electron chi connectivity index (χ0n) is 12.6. The van der Waals surface area contributed by atoms with Crippen LogP contribution < -0.4 is 4.90 Å². The Kier molecular flexibility index (Phi) is 5.59. The van der Waals surface area contributed by atoms with E-state index in [4.69, 9.17) is 4.74 Å². The Morgan fingerprint density at radius 2 is 1.86 bits per heavy atom. The van der Waals surface area contributed by atoms with Gasteiger partial charge in [-0.1, -0.05) is 0 Å². The summed E-state index contributed by atoms with van der Waals surface area (Å²) in [6.45, 7) is 8.19. The molecule has 0 N–H and O–H groups in total. The molecule has 0 spiro atoms. The normalized spacial score (nSPS) is 10.4. The van der Waals surface area contributed by atoms with Crippen molar-refractivity contribution in [1.29, 1.82) is 0 Å². The summed E-state index contributed by atoms with van der Waals surface area (Å²) in [4.78, 5) is 19.0. The third-order valence-electron chi connectivity index (χ3n) is 3.15. The van der Waals surface area contributed by atoms with E-state index in [1.807, 2.05) is 37.3 Å². The van der Waals surface area contributed by atoms with Crippen LogP contribution in [0.1, 0.15) is 31.3 Å². The minimum atomic E-state index is -0.319. The van der Waals surface area contributed by atoms with Gasteiger partial charge in [0.15, 0.2) is 0 Å². The van der Waals surface area contributed by atoms with Crippen molar-refractivity contribution in [3.63, 3.8) is 0 Å². The fourth-order valence-electron chi connectivity index (χ4n) is 2.06. The average molecular weight is 351 g/mol. The van der Waals surface area contributed by atoms with Crippen molar-refractivity contribution < 1.29 is 9.53 Å². The first kappa shape index (κ1) is 15.8. The van der Waals surface area contributed by atoms with Crippen LogP contribution in [0.3, 0.4) is 0 Å². The van der Waals surface area contributed by atoms with E-state index < -0.39 is 0 Å². The molecule has 0 saturated heterocycles. The van der Waals surface area contributed by atoms with E-state index in [1.54, 1.807) is 0 Å². The second kappa shape index (κ2) is 7.43. The number of carbonyl (C=O) groups is 1. The standard InChI is InChI=1S/C16H20N2O2Se/c1-4-18(5-2)16-17-13(15(19)20-6-3)14(21-16)12-10-8-7-9-11-12/h7-11H,4-6H2,1-3H3. The molecule has 0 saturated carbocycles. The molecule has 0 amide bonds. The number of hydrogen-bond acceptors (Lipinski definition) is 4. The van der Waals surface area contributed by atoms with Gasteiger partial charge in [-0.2, -0.15) is 0 Å². The second-order valence-electron chi connectivity index (χ2n) is 4.43. The van der Waals surface area contributed by atoms with Crippen LogP contribution in [-0.4, -0.2) is 45.2 Å². The predicted molar refractivity (Wildman–Crippen MR) is 86.1 cm³/mol. The van der Waals surface area contributed by atoms with Gasteiger partial charge in [0, 0.05) is 0 Å². The van der Waals surface area contributed by atoms with Gasteiger partial charge in [-0.25, -0.2) is 0 Å². The van der Waals surface area contributed by atoms with Crippen molar-refractivity contribution in [2.75, 3.05) is 24.6 Å². The van der Waals surface area contributed by atoms with Gasteiger partial charge in [-0.05, 0) is 0 Å². The fourth-order valence-corrected chi connectivity index (χ4v) is 4.55. The number of aromatic nitrogens is 1. The van der Waals surface area contributed by atoms with Crippen LogP contribution in [0.25, 0.3) is 10.0 Å². The Morgan fingerprint density at radius 1 is 1.19 bits per heavy atom. The Balaban J connectivity index is 2.48. The topological polar surface area (TPSA) is 42.4 Å². The minimum absolute atomic E-state index is 0.0372. The van der Waals surface area contributed by atoms with Crippen LogP contribution in [0, 0.1) is 0 Å². The molecule has 5 heteroatoms. The molecule has 0 atom stereocenters. The van der Waals surface area contributed by atoms with Gasteiger partial charge in [0.2, 0.25) is 0 Å². The molecule has 1 heterocycles. The van der Waals surface area contributed by atoms with Crippen LogP contribution in [-0.2, 0) is 4.74 Å². The maximum absolute atomic E-state index is 12.2. The molecule has 0 aliphatic carbocycles. The summed E-state index contributed by atoms with van der Waals surface area (Å²) >= 11 is 0.0372. The van der Waals surface area contributed by atoms with Crippen LogP contribution in [0.2, 0.25) is 0 Å². The third-order valence-corrected chi connectivity index (χ3v) is 5.60. The molecule has 21 heavy (non-hydrogen) atoms. The number of esters is 1. The van der Waals surface area contributed by atoms with Crippen molar-refractivity contribution in [1.82, 2.24) is 4.98 Å². The monoisotopic (exact) mass is 352 g/mol. The summed E-state index contributed by atoms with van der Waals surface area (Å²) in [5.41, 5.74) is 1.54. The first-order chi connectivity index (χ1) is 10.2. The summed E-state index contributed by atoms with van der Waals surface area (Å²) in [7, 11) is 0. The molecule has 2 aromatic rings. The summed E-state index contributed by atoms with van der Waals surface area (Å²) in [6, 6.07) is 9.99. The van der Waals surface area contributed by atoms with Crippen molar-refractivity contribution in [3.8, 4) is 10.0 Å². The number of anilines is 1. The van der Waals surface area contributed by atoms with E-state index in [2.05, 4.69) is 23.7 Å². The molecule has 0 fully saturated rings. The maximum atomic E-state index is 12.2. The van der Waals surface area contributed by atoms with Gasteiger partial charge in [0.05, 0.1) is 0 Å². The number of rotatable bonds is 6. The Hall–Kier alpha value is -1.58. The van der Waals surface area contributed by atoms with E-state index in [-0.39, 0.29) is 20.5 Å². The first-order valence-electron chi connectivity index (χ1n) is 7.19. The molecule has 0 aliphatic rings. The Labute approximate surface area is 131 Å². The molecule has 1 aromatic carbocycles.